The van der Waals surface area contributed by atoms with Gasteiger partial charge in [0.15, 0.2) is 0 Å². The molecule has 0 saturated carbocycles. The van der Waals surface area contributed by atoms with E-state index in [1.54, 1.807) is 24.7 Å². The monoisotopic (exact) mass is 285 g/mol. The SMILES string of the molecule is CCC(Cn1ccnc1)Nc1ncnc2cccc(F)c12. The normalized spacial score (nSPS) is 12.5. The van der Waals surface area contributed by atoms with Crippen LogP contribution in [0.2, 0.25) is 0 Å². The molecule has 108 valence electrons. The van der Waals surface area contributed by atoms with Gasteiger partial charge >= 0.3 is 0 Å². The highest BCUT2D eigenvalue weighted by molar-refractivity contribution is 5.89. The zero-order valence-corrected chi connectivity index (χ0v) is 11.7. The molecular formula is C15H16FN5. The molecule has 1 unspecified atom stereocenters. The van der Waals surface area contributed by atoms with E-state index >= 15 is 0 Å². The summed E-state index contributed by atoms with van der Waals surface area (Å²) in [6.07, 6.45) is 7.75. The maximum atomic E-state index is 14.0. The topological polar surface area (TPSA) is 55.6 Å². The predicted molar refractivity (Wildman–Crippen MR) is 79.4 cm³/mol. The lowest BCUT2D eigenvalue weighted by atomic mass is 10.2. The highest BCUT2D eigenvalue weighted by atomic mass is 19.1. The Bertz CT molecular complexity index is 721. The van der Waals surface area contributed by atoms with Crippen molar-refractivity contribution >= 4 is 16.7 Å². The second kappa shape index (κ2) is 5.87. The summed E-state index contributed by atoms with van der Waals surface area (Å²) < 4.78 is 16.0. The molecule has 0 radical (unpaired) electrons. The van der Waals surface area contributed by atoms with Crippen molar-refractivity contribution in [1.82, 2.24) is 19.5 Å². The quantitative estimate of drug-likeness (QED) is 0.783. The lowest BCUT2D eigenvalue weighted by Gasteiger charge is -2.19. The first-order chi connectivity index (χ1) is 10.3. The fourth-order valence-electron chi connectivity index (χ4n) is 2.30. The summed E-state index contributed by atoms with van der Waals surface area (Å²) in [7, 11) is 0. The van der Waals surface area contributed by atoms with E-state index in [0.29, 0.717) is 16.7 Å². The van der Waals surface area contributed by atoms with E-state index in [1.165, 1.54) is 12.4 Å². The van der Waals surface area contributed by atoms with Crippen LogP contribution in [0, 0.1) is 5.82 Å². The summed E-state index contributed by atoms with van der Waals surface area (Å²) in [5, 5.41) is 3.75. The van der Waals surface area contributed by atoms with E-state index in [0.717, 1.165) is 13.0 Å². The fraction of sp³-hybridized carbons (Fsp3) is 0.267. The van der Waals surface area contributed by atoms with Crippen molar-refractivity contribution < 1.29 is 4.39 Å². The Labute approximate surface area is 121 Å². The molecule has 3 rings (SSSR count). The predicted octanol–water partition coefficient (Wildman–Crippen LogP) is 2.86. The molecular weight excluding hydrogens is 269 g/mol. The fourth-order valence-corrected chi connectivity index (χ4v) is 2.30. The van der Waals surface area contributed by atoms with Gasteiger partial charge in [-0.1, -0.05) is 13.0 Å². The van der Waals surface area contributed by atoms with E-state index < -0.39 is 0 Å². The van der Waals surface area contributed by atoms with Gasteiger partial charge < -0.3 is 9.88 Å². The van der Waals surface area contributed by atoms with Crippen LogP contribution in [-0.2, 0) is 6.54 Å². The van der Waals surface area contributed by atoms with Gasteiger partial charge in [-0.2, -0.15) is 0 Å². The summed E-state index contributed by atoms with van der Waals surface area (Å²) in [6, 6.07) is 4.99. The molecule has 2 heterocycles. The highest BCUT2D eigenvalue weighted by Gasteiger charge is 2.13. The Morgan fingerprint density at radius 2 is 2.24 bits per heavy atom. The number of halogens is 1. The molecule has 1 atom stereocenters. The molecule has 6 heteroatoms. The summed E-state index contributed by atoms with van der Waals surface area (Å²) in [4.78, 5) is 12.3. The number of imidazole rings is 1. The molecule has 2 aromatic heterocycles. The van der Waals surface area contributed by atoms with Gasteiger partial charge in [0.25, 0.3) is 0 Å². The number of anilines is 1. The molecule has 1 N–H and O–H groups in total. The molecule has 0 bridgehead atoms. The lowest BCUT2D eigenvalue weighted by Crippen LogP contribution is -2.25. The Balaban J connectivity index is 1.89. The second-order valence-electron chi connectivity index (χ2n) is 4.87. The first-order valence-electron chi connectivity index (χ1n) is 6.89. The number of aromatic nitrogens is 4. The van der Waals surface area contributed by atoms with Crippen LogP contribution in [-0.4, -0.2) is 25.6 Å². The third kappa shape index (κ3) is 2.84. The van der Waals surface area contributed by atoms with Gasteiger partial charge in [-0.05, 0) is 18.6 Å². The Kier molecular flexibility index (Phi) is 3.77. The molecule has 0 amide bonds. The van der Waals surface area contributed by atoms with Gasteiger partial charge in [0, 0.05) is 25.0 Å². The number of nitrogens with one attached hydrogen (secondary N) is 1. The molecule has 21 heavy (non-hydrogen) atoms. The average Bonchev–Trinajstić information content (AvgIpc) is 3.00. The molecule has 0 saturated heterocycles. The molecule has 0 aliphatic heterocycles. The summed E-state index contributed by atoms with van der Waals surface area (Å²) >= 11 is 0. The smallest absolute Gasteiger partial charge is 0.140 e. The van der Waals surface area contributed by atoms with Crippen LogP contribution < -0.4 is 5.32 Å². The van der Waals surface area contributed by atoms with Gasteiger partial charge in [-0.3, -0.25) is 0 Å². The number of benzene rings is 1. The number of fused-ring (bicyclic) bond motifs is 1. The van der Waals surface area contributed by atoms with Crippen LogP contribution in [0.4, 0.5) is 10.2 Å². The summed E-state index contributed by atoms with van der Waals surface area (Å²) in [5.74, 6) is 0.221. The Morgan fingerprint density at radius 3 is 3.00 bits per heavy atom. The largest absolute Gasteiger partial charge is 0.365 e. The number of nitrogens with zero attached hydrogens (tertiary/aromatic N) is 4. The van der Waals surface area contributed by atoms with Gasteiger partial charge in [0.2, 0.25) is 0 Å². The Hall–Kier alpha value is -2.50. The van der Waals surface area contributed by atoms with Crippen molar-refractivity contribution in [2.45, 2.75) is 25.9 Å². The zero-order chi connectivity index (χ0) is 14.7. The van der Waals surface area contributed by atoms with Crippen molar-refractivity contribution in [1.29, 1.82) is 0 Å². The van der Waals surface area contributed by atoms with Crippen molar-refractivity contribution in [3.63, 3.8) is 0 Å². The molecule has 5 nitrogen and oxygen atoms in total. The third-order valence-electron chi connectivity index (χ3n) is 3.44. The zero-order valence-electron chi connectivity index (χ0n) is 11.7. The van der Waals surface area contributed by atoms with Crippen molar-refractivity contribution in [3.05, 3.63) is 49.1 Å². The summed E-state index contributed by atoms with van der Waals surface area (Å²) in [6.45, 7) is 2.82. The van der Waals surface area contributed by atoms with Gasteiger partial charge in [0.1, 0.15) is 18.0 Å². The number of hydrogen-bond acceptors (Lipinski definition) is 4. The Morgan fingerprint density at radius 1 is 1.33 bits per heavy atom. The molecule has 3 aromatic rings. The van der Waals surface area contributed by atoms with E-state index in [9.17, 15) is 4.39 Å². The standard InChI is InChI=1S/C15H16FN5/c1-2-11(8-21-7-6-17-10-21)20-15-14-12(16)4-3-5-13(14)18-9-19-15/h3-7,9-11H,2,8H2,1H3,(H,18,19,20). The van der Waals surface area contributed by atoms with Crippen LogP contribution in [0.3, 0.4) is 0 Å². The van der Waals surface area contributed by atoms with Crippen LogP contribution >= 0.6 is 0 Å². The van der Waals surface area contributed by atoms with E-state index in [2.05, 4.69) is 27.2 Å². The lowest BCUT2D eigenvalue weighted by molar-refractivity contribution is 0.567. The van der Waals surface area contributed by atoms with Crippen molar-refractivity contribution in [3.8, 4) is 0 Å². The third-order valence-corrected chi connectivity index (χ3v) is 3.44. The second-order valence-corrected chi connectivity index (χ2v) is 4.87. The minimum absolute atomic E-state index is 0.136. The van der Waals surface area contributed by atoms with E-state index in [-0.39, 0.29) is 11.9 Å². The van der Waals surface area contributed by atoms with Gasteiger partial charge in [-0.25, -0.2) is 19.3 Å². The first-order valence-corrected chi connectivity index (χ1v) is 6.89. The van der Waals surface area contributed by atoms with E-state index in [4.69, 9.17) is 0 Å². The maximum absolute atomic E-state index is 14.0. The average molecular weight is 285 g/mol. The molecule has 0 spiro atoms. The van der Waals surface area contributed by atoms with Crippen LogP contribution in [0.5, 0.6) is 0 Å². The molecule has 0 aliphatic rings. The maximum Gasteiger partial charge on any atom is 0.140 e. The highest BCUT2D eigenvalue weighted by Crippen LogP contribution is 2.23. The van der Waals surface area contributed by atoms with Gasteiger partial charge in [-0.15, -0.1) is 0 Å². The first kappa shape index (κ1) is 13.5. The van der Waals surface area contributed by atoms with Crippen molar-refractivity contribution in [2.75, 3.05) is 5.32 Å². The molecule has 0 aliphatic carbocycles. The summed E-state index contributed by atoms with van der Waals surface area (Å²) in [5.41, 5.74) is 0.602. The van der Waals surface area contributed by atoms with Crippen LogP contribution in [0.25, 0.3) is 10.9 Å². The number of rotatable bonds is 5. The number of hydrogen-bond donors (Lipinski definition) is 1. The molecule has 0 fully saturated rings. The minimum Gasteiger partial charge on any atom is -0.365 e. The van der Waals surface area contributed by atoms with E-state index in [1.807, 2.05) is 10.8 Å². The minimum atomic E-state index is -0.312. The molecule has 1 aromatic carbocycles. The van der Waals surface area contributed by atoms with Gasteiger partial charge in [0.05, 0.1) is 17.2 Å². The van der Waals surface area contributed by atoms with Crippen LogP contribution in [0.1, 0.15) is 13.3 Å². The van der Waals surface area contributed by atoms with Crippen molar-refractivity contribution in [2.24, 2.45) is 0 Å². The van der Waals surface area contributed by atoms with Crippen LogP contribution in [0.15, 0.2) is 43.2 Å².